The van der Waals surface area contributed by atoms with Gasteiger partial charge < -0.3 is 20.1 Å². The third-order valence-corrected chi connectivity index (χ3v) is 6.67. The molecule has 0 saturated heterocycles. The predicted octanol–water partition coefficient (Wildman–Crippen LogP) is 2.99. The number of aromatic nitrogens is 4. The number of aliphatic hydroxyl groups is 2. The molecule has 0 amide bonds. The molecule has 2 heterocycles. The molecule has 7 nitrogen and oxygen atoms in total. The van der Waals surface area contributed by atoms with Crippen molar-refractivity contribution >= 4 is 44.5 Å². The van der Waals surface area contributed by atoms with Crippen molar-refractivity contribution < 1.29 is 10.2 Å². The van der Waals surface area contributed by atoms with Crippen molar-refractivity contribution in [2.45, 2.75) is 38.1 Å². The molecule has 3 N–H and O–H groups in total. The average Bonchev–Trinajstić information content (AvgIpc) is 3.11. The maximum absolute atomic E-state index is 10.4. The number of imidazole rings is 1. The first-order valence-electron chi connectivity index (χ1n) is 9.19. The third-order valence-electron chi connectivity index (χ3n) is 6.01. The van der Waals surface area contributed by atoms with Crippen LogP contribution >= 0.6 is 27.5 Å². The highest BCUT2D eigenvalue weighted by Crippen LogP contribution is 2.64. The minimum atomic E-state index is -0.707. The topological polar surface area (TPSA) is 96.1 Å². The summed E-state index contributed by atoms with van der Waals surface area (Å²) < 4.78 is 2.92. The van der Waals surface area contributed by atoms with Crippen LogP contribution in [0.2, 0.25) is 5.28 Å². The summed E-state index contributed by atoms with van der Waals surface area (Å²) in [6.45, 7) is 1.14. The van der Waals surface area contributed by atoms with Gasteiger partial charge in [0.15, 0.2) is 17.0 Å². The van der Waals surface area contributed by atoms with Crippen molar-refractivity contribution in [2.75, 3.05) is 5.32 Å². The molecule has 5 rings (SSSR count). The highest BCUT2D eigenvalue weighted by atomic mass is 79.9. The second-order valence-electron chi connectivity index (χ2n) is 7.75. The van der Waals surface area contributed by atoms with Crippen LogP contribution < -0.4 is 5.32 Å². The Morgan fingerprint density at radius 3 is 2.93 bits per heavy atom. The molecule has 0 spiro atoms. The SMILES string of the molecule is O[C@@H]1C[C@@H]2C[C@]2(Cn2cnc3c(NCc4cccc(Br)c4)nc(Cl)nc32)[C@@H]1O. The summed E-state index contributed by atoms with van der Waals surface area (Å²) in [4.78, 5) is 13.2. The lowest BCUT2D eigenvalue weighted by Gasteiger charge is -2.21. The summed E-state index contributed by atoms with van der Waals surface area (Å²) in [7, 11) is 0. The Hall–Kier alpha value is -1.74. The van der Waals surface area contributed by atoms with E-state index >= 15 is 0 Å². The second-order valence-corrected chi connectivity index (χ2v) is 9.01. The Bertz CT molecular complexity index is 1060. The van der Waals surface area contributed by atoms with Gasteiger partial charge in [0.1, 0.15) is 0 Å². The number of hydrogen-bond acceptors (Lipinski definition) is 6. The van der Waals surface area contributed by atoms with E-state index in [9.17, 15) is 10.2 Å². The fourth-order valence-electron chi connectivity index (χ4n) is 4.48. The van der Waals surface area contributed by atoms with E-state index < -0.39 is 12.2 Å². The van der Waals surface area contributed by atoms with Gasteiger partial charge in [-0.3, -0.25) is 0 Å². The average molecular weight is 465 g/mol. The Kier molecular flexibility index (Phi) is 4.35. The van der Waals surface area contributed by atoms with E-state index in [0.29, 0.717) is 42.4 Å². The van der Waals surface area contributed by atoms with E-state index in [4.69, 9.17) is 11.6 Å². The summed E-state index contributed by atoms with van der Waals surface area (Å²) in [5, 5.41) is 23.8. The summed E-state index contributed by atoms with van der Waals surface area (Å²) in [5.74, 6) is 0.923. The molecule has 2 aromatic heterocycles. The van der Waals surface area contributed by atoms with Crippen molar-refractivity contribution in [3.63, 3.8) is 0 Å². The van der Waals surface area contributed by atoms with E-state index in [1.807, 2.05) is 28.8 Å². The van der Waals surface area contributed by atoms with Crippen molar-refractivity contribution in [1.82, 2.24) is 19.5 Å². The molecule has 0 aliphatic heterocycles. The smallest absolute Gasteiger partial charge is 0.226 e. The number of aliphatic hydroxyl groups excluding tert-OH is 2. The van der Waals surface area contributed by atoms with E-state index in [2.05, 4.69) is 36.2 Å². The Morgan fingerprint density at radius 2 is 2.18 bits per heavy atom. The Morgan fingerprint density at radius 1 is 1.32 bits per heavy atom. The van der Waals surface area contributed by atoms with Crippen molar-refractivity contribution in [1.29, 1.82) is 0 Å². The van der Waals surface area contributed by atoms with Gasteiger partial charge in [-0.15, -0.1) is 0 Å². The molecule has 1 aromatic carbocycles. The summed E-state index contributed by atoms with van der Waals surface area (Å²) >= 11 is 9.65. The lowest BCUT2D eigenvalue weighted by molar-refractivity contribution is -0.00664. The van der Waals surface area contributed by atoms with Gasteiger partial charge in [0, 0.05) is 23.0 Å². The fourth-order valence-corrected chi connectivity index (χ4v) is 5.09. The molecular formula is C19H19BrClN5O2. The molecule has 2 fully saturated rings. The van der Waals surface area contributed by atoms with Crippen LogP contribution in [-0.4, -0.2) is 41.9 Å². The van der Waals surface area contributed by atoms with Crippen LogP contribution in [-0.2, 0) is 13.1 Å². The van der Waals surface area contributed by atoms with Crippen LogP contribution in [0.15, 0.2) is 35.1 Å². The lowest BCUT2D eigenvalue weighted by Crippen LogP contribution is -2.32. The van der Waals surface area contributed by atoms with Crippen LogP contribution in [0.1, 0.15) is 18.4 Å². The monoisotopic (exact) mass is 463 g/mol. The van der Waals surface area contributed by atoms with E-state index in [0.717, 1.165) is 16.5 Å². The second kappa shape index (κ2) is 6.66. The van der Waals surface area contributed by atoms with Crippen molar-refractivity contribution in [2.24, 2.45) is 11.3 Å². The first kappa shape index (κ1) is 18.3. The van der Waals surface area contributed by atoms with Gasteiger partial charge in [-0.2, -0.15) is 9.97 Å². The number of nitrogens with one attached hydrogen (secondary N) is 1. The van der Waals surface area contributed by atoms with E-state index in [-0.39, 0.29) is 10.7 Å². The molecule has 0 unspecified atom stereocenters. The lowest BCUT2D eigenvalue weighted by atomic mass is 9.99. The molecule has 146 valence electrons. The number of anilines is 1. The van der Waals surface area contributed by atoms with Crippen LogP contribution in [0.5, 0.6) is 0 Å². The van der Waals surface area contributed by atoms with Crippen LogP contribution in [0, 0.1) is 11.3 Å². The maximum atomic E-state index is 10.4. The predicted molar refractivity (Wildman–Crippen MR) is 109 cm³/mol. The molecule has 9 heteroatoms. The number of benzene rings is 1. The Labute approximate surface area is 174 Å². The number of fused-ring (bicyclic) bond motifs is 2. The zero-order valence-electron chi connectivity index (χ0n) is 14.9. The largest absolute Gasteiger partial charge is 0.390 e. The molecule has 0 radical (unpaired) electrons. The summed E-state index contributed by atoms with van der Waals surface area (Å²) in [6.07, 6.45) is 1.93. The first-order chi connectivity index (χ1) is 13.5. The number of halogens is 2. The number of rotatable bonds is 5. The van der Waals surface area contributed by atoms with Gasteiger partial charge in [0.2, 0.25) is 5.28 Å². The highest BCUT2D eigenvalue weighted by molar-refractivity contribution is 9.10. The van der Waals surface area contributed by atoms with Crippen molar-refractivity contribution in [3.8, 4) is 0 Å². The van der Waals surface area contributed by atoms with Gasteiger partial charge in [0.25, 0.3) is 0 Å². The van der Waals surface area contributed by atoms with Gasteiger partial charge in [-0.25, -0.2) is 4.98 Å². The highest BCUT2D eigenvalue weighted by Gasteiger charge is 2.66. The molecule has 4 atom stereocenters. The van der Waals surface area contributed by atoms with E-state index in [1.54, 1.807) is 6.33 Å². The molecular weight excluding hydrogens is 446 g/mol. The zero-order chi connectivity index (χ0) is 19.5. The molecule has 3 aromatic rings. The molecule has 2 aliphatic carbocycles. The quantitative estimate of drug-likeness (QED) is 0.502. The maximum Gasteiger partial charge on any atom is 0.226 e. The van der Waals surface area contributed by atoms with Crippen LogP contribution in [0.4, 0.5) is 5.82 Å². The van der Waals surface area contributed by atoms with Gasteiger partial charge >= 0.3 is 0 Å². The summed E-state index contributed by atoms with van der Waals surface area (Å²) in [5.41, 5.74) is 2.08. The molecule has 28 heavy (non-hydrogen) atoms. The third kappa shape index (κ3) is 2.99. The Balaban J connectivity index is 1.43. The summed E-state index contributed by atoms with van der Waals surface area (Å²) in [6, 6.07) is 8.01. The van der Waals surface area contributed by atoms with E-state index in [1.165, 1.54) is 0 Å². The standard InChI is InChI=1S/C19H19BrClN5O2/c20-12-3-1-2-10(4-12)7-22-16-14-17(25-18(21)24-16)26(9-23-14)8-19-6-11(19)5-13(27)15(19)28/h1-4,9,11,13,15,27-28H,5-8H2,(H,22,24,25)/t11-,13-,15-,19-/m1/s1. The van der Waals surface area contributed by atoms with Crippen LogP contribution in [0.3, 0.4) is 0 Å². The fraction of sp³-hybridized carbons (Fsp3) is 0.421. The molecule has 2 saturated carbocycles. The minimum Gasteiger partial charge on any atom is -0.390 e. The van der Waals surface area contributed by atoms with Crippen LogP contribution in [0.25, 0.3) is 11.2 Å². The molecule has 2 aliphatic rings. The molecule has 0 bridgehead atoms. The minimum absolute atomic E-state index is 0.142. The zero-order valence-corrected chi connectivity index (χ0v) is 17.2. The van der Waals surface area contributed by atoms with Gasteiger partial charge in [0.05, 0.1) is 18.5 Å². The number of hydrogen-bond donors (Lipinski definition) is 3. The van der Waals surface area contributed by atoms with Crippen molar-refractivity contribution in [3.05, 3.63) is 45.9 Å². The number of nitrogens with zero attached hydrogens (tertiary/aromatic N) is 4. The first-order valence-corrected chi connectivity index (χ1v) is 10.4. The normalized spacial score (nSPS) is 28.5. The van der Waals surface area contributed by atoms with Gasteiger partial charge in [-0.1, -0.05) is 28.1 Å². The van der Waals surface area contributed by atoms with Gasteiger partial charge in [-0.05, 0) is 48.1 Å².